The summed E-state index contributed by atoms with van der Waals surface area (Å²) in [6.07, 6.45) is 1.28. The number of imide groups is 1. The zero-order valence-corrected chi connectivity index (χ0v) is 18.2. The number of methoxy groups -OCH3 is 1. The Kier molecular flexibility index (Phi) is 5.24. The van der Waals surface area contributed by atoms with Crippen molar-refractivity contribution in [1.82, 2.24) is 15.1 Å². The van der Waals surface area contributed by atoms with Crippen molar-refractivity contribution < 1.29 is 23.9 Å². The van der Waals surface area contributed by atoms with Crippen LogP contribution in [0.5, 0.6) is 5.75 Å². The summed E-state index contributed by atoms with van der Waals surface area (Å²) >= 11 is 0. The molecule has 0 aliphatic carbocycles. The van der Waals surface area contributed by atoms with Crippen molar-refractivity contribution in [1.29, 1.82) is 0 Å². The molecule has 1 unspecified atom stereocenters. The van der Waals surface area contributed by atoms with Gasteiger partial charge in [-0.25, -0.2) is 4.79 Å². The van der Waals surface area contributed by atoms with Gasteiger partial charge in [-0.3, -0.25) is 19.7 Å². The number of anilines is 1. The summed E-state index contributed by atoms with van der Waals surface area (Å²) < 4.78 is 5.28. The predicted octanol–water partition coefficient (Wildman–Crippen LogP) is 2.05. The summed E-state index contributed by atoms with van der Waals surface area (Å²) in [5.74, 6) is -0.181. The van der Waals surface area contributed by atoms with Crippen LogP contribution >= 0.6 is 0 Å². The molecule has 1 atom stereocenters. The number of hydrogen-bond donors (Lipinski definition) is 2. The molecule has 170 valence electrons. The van der Waals surface area contributed by atoms with Crippen LogP contribution in [0, 0.1) is 0 Å². The first-order chi connectivity index (χ1) is 15.9. The third-order valence-corrected chi connectivity index (χ3v) is 6.49. The Bertz CT molecular complexity index is 1180. The van der Waals surface area contributed by atoms with Gasteiger partial charge in [0, 0.05) is 37.3 Å². The van der Waals surface area contributed by atoms with Gasteiger partial charge in [0.25, 0.3) is 5.91 Å². The molecule has 0 aromatic heterocycles. The molecule has 0 bridgehead atoms. The van der Waals surface area contributed by atoms with E-state index in [0.717, 1.165) is 23.3 Å². The van der Waals surface area contributed by atoms with Crippen molar-refractivity contribution in [2.24, 2.45) is 0 Å². The van der Waals surface area contributed by atoms with E-state index in [-0.39, 0.29) is 30.8 Å². The van der Waals surface area contributed by atoms with Crippen LogP contribution in [0.3, 0.4) is 0 Å². The second-order valence-electron chi connectivity index (χ2n) is 8.51. The fraction of sp³-hybridized carbons (Fsp3) is 0.333. The monoisotopic (exact) mass is 448 g/mol. The van der Waals surface area contributed by atoms with Gasteiger partial charge in [-0.15, -0.1) is 0 Å². The first kappa shape index (κ1) is 21.0. The van der Waals surface area contributed by atoms with E-state index in [4.69, 9.17) is 4.74 Å². The number of ether oxygens (including phenoxy) is 1. The maximum atomic E-state index is 12.9. The van der Waals surface area contributed by atoms with Crippen molar-refractivity contribution in [3.63, 3.8) is 0 Å². The van der Waals surface area contributed by atoms with Crippen molar-refractivity contribution in [2.75, 3.05) is 19.0 Å². The summed E-state index contributed by atoms with van der Waals surface area (Å²) in [6.45, 7) is 1.37. The molecule has 1 saturated heterocycles. The average molecular weight is 448 g/mol. The molecule has 3 aliphatic heterocycles. The number of carbonyl (C=O) groups excluding carboxylic acids is 4. The van der Waals surface area contributed by atoms with Gasteiger partial charge in [0.2, 0.25) is 11.8 Å². The molecule has 0 saturated carbocycles. The maximum Gasteiger partial charge on any atom is 0.322 e. The Morgan fingerprint density at radius 3 is 2.67 bits per heavy atom. The van der Waals surface area contributed by atoms with E-state index in [1.165, 1.54) is 10.5 Å². The number of hydrogen-bond acceptors (Lipinski definition) is 5. The normalized spacial score (nSPS) is 19.7. The predicted molar refractivity (Wildman–Crippen MR) is 119 cm³/mol. The molecule has 1 fully saturated rings. The maximum absolute atomic E-state index is 12.9. The van der Waals surface area contributed by atoms with Gasteiger partial charge in [0.1, 0.15) is 11.8 Å². The first-order valence-corrected chi connectivity index (χ1v) is 10.9. The zero-order chi connectivity index (χ0) is 23.1. The van der Waals surface area contributed by atoms with Crippen molar-refractivity contribution in [3.05, 3.63) is 58.7 Å². The number of fused-ring (bicyclic) bond motifs is 2. The average Bonchev–Trinajstić information content (AvgIpc) is 3.13. The molecule has 3 aliphatic rings. The van der Waals surface area contributed by atoms with Gasteiger partial charge in [-0.2, -0.15) is 0 Å². The second-order valence-corrected chi connectivity index (χ2v) is 8.51. The molecule has 3 heterocycles. The van der Waals surface area contributed by atoms with Gasteiger partial charge >= 0.3 is 6.03 Å². The molecule has 0 spiro atoms. The molecule has 2 aromatic rings. The van der Waals surface area contributed by atoms with Gasteiger partial charge in [0.15, 0.2) is 0 Å². The lowest BCUT2D eigenvalue weighted by atomic mass is 10.00. The van der Waals surface area contributed by atoms with Crippen LogP contribution in [0.25, 0.3) is 0 Å². The Morgan fingerprint density at radius 1 is 1.03 bits per heavy atom. The molecule has 2 aromatic carbocycles. The quantitative estimate of drug-likeness (QED) is 0.699. The SMILES string of the molecule is COc1ccc2c(c1)CCN(C(=O)Nc1ccc3c(c1)CN(C1CCC(=O)NC1=O)C3=O)C2. The lowest BCUT2D eigenvalue weighted by Gasteiger charge is -2.29. The topological polar surface area (TPSA) is 108 Å². The van der Waals surface area contributed by atoms with Crippen LogP contribution in [0.4, 0.5) is 10.5 Å². The number of benzene rings is 2. The fourth-order valence-electron chi connectivity index (χ4n) is 4.68. The highest BCUT2D eigenvalue weighted by Gasteiger charge is 2.39. The minimum Gasteiger partial charge on any atom is -0.497 e. The largest absolute Gasteiger partial charge is 0.497 e. The summed E-state index contributed by atoms with van der Waals surface area (Å²) in [6, 6.07) is 10.2. The van der Waals surface area contributed by atoms with Gasteiger partial charge in [-0.05, 0) is 59.9 Å². The van der Waals surface area contributed by atoms with Crippen LogP contribution in [-0.2, 0) is 29.1 Å². The minimum atomic E-state index is -0.660. The number of rotatable bonds is 3. The molecular weight excluding hydrogens is 424 g/mol. The highest BCUT2D eigenvalue weighted by molar-refractivity contribution is 6.05. The summed E-state index contributed by atoms with van der Waals surface area (Å²) in [5, 5.41) is 5.23. The third kappa shape index (κ3) is 3.90. The fourth-order valence-corrected chi connectivity index (χ4v) is 4.68. The van der Waals surface area contributed by atoms with Gasteiger partial charge in [0.05, 0.1) is 7.11 Å². The summed E-state index contributed by atoms with van der Waals surface area (Å²) in [5.41, 5.74) is 4.13. The van der Waals surface area contributed by atoms with E-state index in [1.54, 1.807) is 30.2 Å². The number of piperidine rings is 1. The van der Waals surface area contributed by atoms with Crippen molar-refractivity contribution in [3.8, 4) is 5.75 Å². The van der Waals surface area contributed by atoms with E-state index in [2.05, 4.69) is 10.6 Å². The van der Waals surface area contributed by atoms with E-state index in [1.807, 2.05) is 18.2 Å². The molecular formula is C24H24N4O5. The Morgan fingerprint density at radius 2 is 1.88 bits per heavy atom. The number of amides is 5. The molecule has 5 amide bonds. The Balaban J connectivity index is 1.26. The van der Waals surface area contributed by atoms with Crippen LogP contribution in [0.1, 0.15) is 39.9 Å². The number of carbonyl (C=O) groups is 4. The highest BCUT2D eigenvalue weighted by atomic mass is 16.5. The van der Waals surface area contributed by atoms with Crippen LogP contribution in [0.2, 0.25) is 0 Å². The number of nitrogens with one attached hydrogen (secondary N) is 2. The zero-order valence-electron chi connectivity index (χ0n) is 18.2. The molecule has 9 heteroatoms. The Labute approximate surface area is 190 Å². The smallest absolute Gasteiger partial charge is 0.322 e. The Hall–Kier alpha value is -3.88. The van der Waals surface area contributed by atoms with Crippen molar-refractivity contribution in [2.45, 2.75) is 38.4 Å². The summed E-state index contributed by atoms with van der Waals surface area (Å²) in [7, 11) is 1.64. The highest BCUT2D eigenvalue weighted by Crippen LogP contribution is 2.30. The van der Waals surface area contributed by atoms with E-state index in [9.17, 15) is 19.2 Å². The number of urea groups is 1. The van der Waals surface area contributed by atoms with E-state index < -0.39 is 11.9 Å². The van der Waals surface area contributed by atoms with Crippen LogP contribution in [-0.4, -0.2) is 53.2 Å². The van der Waals surface area contributed by atoms with Gasteiger partial charge < -0.3 is 19.9 Å². The lowest BCUT2D eigenvalue weighted by Crippen LogP contribution is -2.52. The van der Waals surface area contributed by atoms with E-state index in [0.29, 0.717) is 30.8 Å². The third-order valence-electron chi connectivity index (χ3n) is 6.49. The van der Waals surface area contributed by atoms with E-state index >= 15 is 0 Å². The lowest BCUT2D eigenvalue weighted by molar-refractivity contribution is -0.136. The molecule has 2 N–H and O–H groups in total. The molecule has 0 radical (unpaired) electrons. The molecule has 33 heavy (non-hydrogen) atoms. The first-order valence-electron chi connectivity index (χ1n) is 10.9. The van der Waals surface area contributed by atoms with Gasteiger partial charge in [-0.1, -0.05) is 6.07 Å². The van der Waals surface area contributed by atoms with Crippen LogP contribution < -0.4 is 15.4 Å². The molecule has 9 nitrogen and oxygen atoms in total. The molecule has 5 rings (SSSR count). The second kappa shape index (κ2) is 8.23. The van der Waals surface area contributed by atoms with Crippen molar-refractivity contribution >= 4 is 29.4 Å². The standard InChI is InChI=1S/C24H24N4O5/c1-33-18-4-2-15-12-27(9-8-14(15)11-18)24(32)25-17-3-5-19-16(10-17)13-28(23(19)31)20-6-7-21(29)26-22(20)30/h2-5,10-11,20H,6-9,12-13H2,1H3,(H,25,32)(H,26,29,30). The minimum absolute atomic E-state index is 0.206. The van der Waals surface area contributed by atoms with Crippen LogP contribution in [0.15, 0.2) is 36.4 Å². The summed E-state index contributed by atoms with van der Waals surface area (Å²) in [4.78, 5) is 52.6. The number of nitrogens with zero attached hydrogens (tertiary/aromatic N) is 2.